The number of aryl methyl sites for hydroxylation is 1. The van der Waals surface area contributed by atoms with Crippen LogP contribution in [0, 0.1) is 6.92 Å². The molecule has 9 heteroatoms. The molecule has 0 unspecified atom stereocenters. The van der Waals surface area contributed by atoms with Crippen molar-refractivity contribution in [3.8, 4) is 16.8 Å². The van der Waals surface area contributed by atoms with Crippen LogP contribution in [0.15, 0.2) is 85.1 Å². The van der Waals surface area contributed by atoms with Gasteiger partial charge in [-0.25, -0.2) is 4.68 Å². The van der Waals surface area contributed by atoms with Gasteiger partial charge in [-0.1, -0.05) is 36.4 Å². The highest BCUT2D eigenvalue weighted by atomic mass is 16.5. The van der Waals surface area contributed by atoms with Crippen LogP contribution in [0.5, 0.6) is 0 Å². The minimum absolute atomic E-state index is 0.0496. The first-order valence-corrected chi connectivity index (χ1v) is 14.2. The van der Waals surface area contributed by atoms with E-state index in [9.17, 15) is 9.59 Å². The summed E-state index contributed by atoms with van der Waals surface area (Å²) in [6.45, 7) is 7.45. The van der Waals surface area contributed by atoms with Crippen molar-refractivity contribution < 1.29 is 14.3 Å². The second-order valence-electron chi connectivity index (χ2n) is 10.6. The fraction of sp³-hybridized carbons (Fsp3) is 0.242. The Morgan fingerprint density at radius 2 is 1.64 bits per heavy atom. The zero-order valence-corrected chi connectivity index (χ0v) is 23.6. The van der Waals surface area contributed by atoms with Crippen LogP contribution in [0.1, 0.15) is 32.1 Å². The summed E-state index contributed by atoms with van der Waals surface area (Å²) in [6.07, 6.45) is 2.08. The Morgan fingerprint density at radius 1 is 0.929 bits per heavy atom. The number of ether oxygens (including phenoxy) is 1. The fourth-order valence-electron chi connectivity index (χ4n) is 5.38. The summed E-state index contributed by atoms with van der Waals surface area (Å²) >= 11 is 0. The molecule has 1 fully saturated rings. The molecule has 1 aliphatic heterocycles. The summed E-state index contributed by atoms with van der Waals surface area (Å²) in [5.74, 6) is -0.586. The van der Waals surface area contributed by atoms with Gasteiger partial charge in [-0.15, -0.1) is 0 Å². The van der Waals surface area contributed by atoms with Gasteiger partial charge in [0.15, 0.2) is 5.69 Å². The minimum atomic E-state index is -0.537. The van der Waals surface area contributed by atoms with Gasteiger partial charge in [0.1, 0.15) is 0 Å². The Labute approximate surface area is 244 Å². The molecule has 214 valence electrons. The lowest BCUT2D eigenvalue weighted by molar-refractivity contribution is 0.0383. The topological polar surface area (TPSA) is 107 Å². The summed E-state index contributed by atoms with van der Waals surface area (Å²) in [4.78, 5) is 26.4. The summed E-state index contributed by atoms with van der Waals surface area (Å²) in [5, 5.41) is 8.45. The molecule has 3 heterocycles. The smallest absolute Gasteiger partial charge is 0.269 e. The second kappa shape index (κ2) is 12.0. The van der Waals surface area contributed by atoms with Crippen LogP contribution in [-0.2, 0) is 11.3 Å². The van der Waals surface area contributed by atoms with Gasteiger partial charge in [-0.05, 0) is 66.1 Å². The Bertz CT molecular complexity index is 1710. The number of fused-ring (bicyclic) bond motifs is 1. The molecule has 0 radical (unpaired) electrons. The van der Waals surface area contributed by atoms with E-state index in [-0.39, 0.29) is 11.6 Å². The quantitative estimate of drug-likeness (QED) is 0.282. The molecule has 0 saturated carbocycles. The van der Waals surface area contributed by atoms with E-state index in [2.05, 4.69) is 68.5 Å². The summed E-state index contributed by atoms with van der Waals surface area (Å²) < 4.78 is 9.32. The third-order valence-electron chi connectivity index (χ3n) is 7.74. The van der Waals surface area contributed by atoms with Crippen LogP contribution < -0.4 is 11.1 Å². The molecule has 6 rings (SSSR count). The highest BCUT2D eigenvalue weighted by molar-refractivity contribution is 5.94. The number of rotatable bonds is 9. The number of amides is 2. The lowest BCUT2D eigenvalue weighted by Crippen LogP contribution is -2.41. The average molecular weight is 563 g/mol. The van der Waals surface area contributed by atoms with E-state index in [0.717, 1.165) is 72.8 Å². The van der Waals surface area contributed by atoms with Crippen LogP contribution in [0.25, 0.3) is 27.7 Å². The van der Waals surface area contributed by atoms with Gasteiger partial charge in [0.25, 0.3) is 11.8 Å². The maximum absolute atomic E-state index is 12.6. The van der Waals surface area contributed by atoms with Crippen LogP contribution in [0.4, 0.5) is 0 Å². The number of hydrogen-bond acceptors (Lipinski definition) is 5. The highest BCUT2D eigenvalue weighted by Gasteiger charge is 2.13. The van der Waals surface area contributed by atoms with Crippen molar-refractivity contribution in [1.82, 2.24) is 24.6 Å². The molecule has 2 amide bonds. The van der Waals surface area contributed by atoms with Gasteiger partial charge in [0.05, 0.1) is 18.9 Å². The number of carbonyl (C=O) groups is 2. The zero-order chi connectivity index (χ0) is 29.1. The number of primary amides is 1. The summed E-state index contributed by atoms with van der Waals surface area (Å²) in [5.41, 5.74) is 12.5. The Hall–Kier alpha value is -4.73. The molecule has 0 spiro atoms. The number of hydrogen-bond donors (Lipinski definition) is 2. The summed E-state index contributed by atoms with van der Waals surface area (Å²) in [7, 11) is 0. The van der Waals surface area contributed by atoms with Gasteiger partial charge >= 0.3 is 0 Å². The van der Waals surface area contributed by atoms with Crippen LogP contribution in [0.3, 0.4) is 0 Å². The molecule has 3 aromatic carbocycles. The molecule has 1 saturated heterocycles. The number of nitrogens with zero attached hydrogens (tertiary/aromatic N) is 4. The van der Waals surface area contributed by atoms with Crippen molar-refractivity contribution in [2.45, 2.75) is 13.5 Å². The third kappa shape index (κ3) is 5.97. The largest absolute Gasteiger partial charge is 0.379 e. The molecule has 42 heavy (non-hydrogen) atoms. The van der Waals surface area contributed by atoms with E-state index in [0.29, 0.717) is 12.1 Å². The van der Waals surface area contributed by atoms with E-state index in [1.807, 2.05) is 37.3 Å². The molecule has 5 aromatic rings. The SMILES string of the molecule is Cc1cc(C(N)=O)nn1-c1ccc2c(ccn2Cc2ccc(-c3ccc(C(=O)NCCN4CCOCC4)cc3)cc2)c1. The molecule has 2 aromatic heterocycles. The normalized spacial score (nSPS) is 13.8. The fourth-order valence-corrected chi connectivity index (χ4v) is 5.38. The van der Waals surface area contributed by atoms with E-state index in [1.165, 1.54) is 5.56 Å². The van der Waals surface area contributed by atoms with Gasteiger partial charge in [-0.3, -0.25) is 14.5 Å². The average Bonchev–Trinajstić information content (AvgIpc) is 3.61. The molecule has 3 N–H and O–H groups in total. The molecular weight excluding hydrogens is 528 g/mol. The van der Waals surface area contributed by atoms with Crippen molar-refractivity contribution in [3.63, 3.8) is 0 Å². The lowest BCUT2D eigenvalue weighted by atomic mass is 10.0. The highest BCUT2D eigenvalue weighted by Crippen LogP contribution is 2.24. The minimum Gasteiger partial charge on any atom is -0.379 e. The van der Waals surface area contributed by atoms with Crippen molar-refractivity contribution in [1.29, 1.82) is 0 Å². The van der Waals surface area contributed by atoms with E-state index >= 15 is 0 Å². The lowest BCUT2D eigenvalue weighted by Gasteiger charge is -2.26. The van der Waals surface area contributed by atoms with E-state index in [1.54, 1.807) is 10.7 Å². The van der Waals surface area contributed by atoms with Gasteiger partial charge < -0.3 is 20.4 Å². The van der Waals surface area contributed by atoms with Crippen LogP contribution in [-0.4, -0.2) is 70.5 Å². The number of nitrogens with two attached hydrogens (primary N) is 1. The van der Waals surface area contributed by atoms with Crippen LogP contribution >= 0.6 is 0 Å². The van der Waals surface area contributed by atoms with Crippen molar-refractivity contribution in [3.05, 3.63) is 108 Å². The van der Waals surface area contributed by atoms with Gasteiger partial charge in [0.2, 0.25) is 0 Å². The Morgan fingerprint density at radius 3 is 2.33 bits per heavy atom. The molecule has 0 aliphatic carbocycles. The predicted octanol–water partition coefficient (Wildman–Crippen LogP) is 4.01. The zero-order valence-electron chi connectivity index (χ0n) is 23.6. The number of nitrogens with one attached hydrogen (secondary N) is 1. The molecule has 9 nitrogen and oxygen atoms in total. The molecule has 0 bridgehead atoms. The molecular formula is C33H34N6O3. The maximum Gasteiger partial charge on any atom is 0.269 e. The maximum atomic E-state index is 12.6. The van der Waals surface area contributed by atoms with Gasteiger partial charge in [0, 0.05) is 61.1 Å². The van der Waals surface area contributed by atoms with E-state index in [4.69, 9.17) is 10.5 Å². The standard InChI is InChI=1S/C33H34N6O3/c1-23-20-30(32(34)40)36-39(23)29-10-11-31-28(21-29)12-14-38(31)22-24-2-4-25(5-3-24)26-6-8-27(9-7-26)33(41)35-13-15-37-16-18-42-19-17-37/h2-12,14,20-21H,13,15-19,22H2,1H3,(H2,34,40)(H,35,41). The number of aromatic nitrogens is 3. The monoisotopic (exact) mass is 562 g/mol. The molecule has 0 atom stereocenters. The van der Waals surface area contributed by atoms with Crippen molar-refractivity contribution in [2.75, 3.05) is 39.4 Å². The first-order valence-electron chi connectivity index (χ1n) is 14.2. The number of benzene rings is 3. The number of carbonyl (C=O) groups excluding carboxylic acids is 2. The molecule has 1 aliphatic rings. The summed E-state index contributed by atoms with van der Waals surface area (Å²) in [6, 6.07) is 26.2. The first-order chi connectivity index (χ1) is 20.4. The Balaban J connectivity index is 1.08. The predicted molar refractivity (Wildman–Crippen MR) is 163 cm³/mol. The van der Waals surface area contributed by atoms with Crippen LogP contribution in [0.2, 0.25) is 0 Å². The van der Waals surface area contributed by atoms with Crippen molar-refractivity contribution >= 4 is 22.7 Å². The third-order valence-corrected chi connectivity index (χ3v) is 7.74. The number of morpholine rings is 1. The van der Waals surface area contributed by atoms with E-state index < -0.39 is 5.91 Å². The van der Waals surface area contributed by atoms with Crippen molar-refractivity contribution in [2.24, 2.45) is 5.73 Å². The Kier molecular flexibility index (Phi) is 7.85. The first kappa shape index (κ1) is 27.4. The second-order valence-corrected chi connectivity index (χ2v) is 10.6. The van der Waals surface area contributed by atoms with Gasteiger partial charge in [-0.2, -0.15) is 5.10 Å².